The van der Waals surface area contributed by atoms with Crippen LogP contribution >= 0.6 is 0 Å². The lowest BCUT2D eigenvalue weighted by atomic mass is 10.00. The van der Waals surface area contributed by atoms with Crippen LogP contribution in [0.5, 0.6) is 0 Å². The fraction of sp³-hybridized carbons (Fsp3) is 0.304. The van der Waals surface area contributed by atoms with Gasteiger partial charge in [0.2, 0.25) is 5.91 Å². The highest BCUT2D eigenvalue weighted by Gasteiger charge is 2.35. The number of likely N-dealkylation sites (N-methyl/N-ethyl adjacent to an activating group) is 1. The van der Waals surface area contributed by atoms with Crippen LogP contribution in [0.2, 0.25) is 0 Å². The maximum Gasteiger partial charge on any atom is 0.263 e. The Labute approximate surface area is 170 Å². The Morgan fingerprint density at radius 2 is 1.55 bits per heavy atom. The summed E-state index contributed by atoms with van der Waals surface area (Å²) >= 11 is 0. The molecule has 2 amide bonds. The minimum Gasteiger partial charge on any atom is -0.337 e. The molecule has 1 fully saturated rings. The number of halogens is 1. The van der Waals surface area contributed by atoms with E-state index in [1.165, 1.54) is 17.0 Å². The first-order valence-corrected chi connectivity index (χ1v) is 9.76. The Morgan fingerprint density at radius 1 is 0.966 bits per heavy atom. The summed E-state index contributed by atoms with van der Waals surface area (Å²) in [5, 5.41) is 0. The van der Waals surface area contributed by atoms with Crippen molar-refractivity contribution in [3.05, 3.63) is 70.5 Å². The second-order valence-corrected chi connectivity index (χ2v) is 7.76. The molecule has 2 aromatic rings. The average molecular weight is 393 g/mol. The molecule has 29 heavy (non-hydrogen) atoms. The molecule has 2 heterocycles. The third-order valence-corrected chi connectivity index (χ3v) is 5.74. The van der Waals surface area contributed by atoms with E-state index in [-0.39, 0.29) is 17.6 Å². The smallest absolute Gasteiger partial charge is 0.263 e. The molecule has 0 atom stereocenters. The Bertz CT molecular complexity index is 1010. The van der Waals surface area contributed by atoms with Crippen molar-refractivity contribution in [2.75, 3.05) is 38.1 Å². The van der Waals surface area contributed by atoms with Crippen LogP contribution in [0.15, 0.2) is 42.5 Å². The lowest BCUT2D eigenvalue weighted by molar-refractivity contribution is -0.127. The molecule has 2 aliphatic rings. The molecule has 0 radical (unpaired) electrons. The van der Waals surface area contributed by atoms with E-state index in [0.717, 1.165) is 29.8 Å². The van der Waals surface area contributed by atoms with Crippen LogP contribution in [-0.4, -0.2) is 54.8 Å². The van der Waals surface area contributed by atoms with E-state index in [0.29, 0.717) is 30.0 Å². The van der Waals surface area contributed by atoms with Gasteiger partial charge >= 0.3 is 0 Å². The minimum atomic E-state index is -0.372. The number of nitrogens with zero attached hydrogens (tertiary/aromatic N) is 3. The molecular weight excluding hydrogens is 369 g/mol. The molecule has 0 N–H and O–H groups in total. The van der Waals surface area contributed by atoms with Crippen LogP contribution < -0.4 is 4.90 Å². The van der Waals surface area contributed by atoms with Gasteiger partial charge in [-0.3, -0.25) is 14.5 Å². The number of rotatable bonds is 2. The van der Waals surface area contributed by atoms with E-state index >= 15 is 0 Å². The zero-order valence-electron chi connectivity index (χ0n) is 16.9. The molecule has 6 heteroatoms. The van der Waals surface area contributed by atoms with Gasteiger partial charge < -0.3 is 9.80 Å². The first kappa shape index (κ1) is 19.3. The quantitative estimate of drug-likeness (QED) is 0.736. The van der Waals surface area contributed by atoms with Crippen molar-refractivity contribution in [1.29, 1.82) is 0 Å². The van der Waals surface area contributed by atoms with Crippen LogP contribution in [0.1, 0.15) is 27.0 Å². The summed E-state index contributed by atoms with van der Waals surface area (Å²) in [6.45, 7) is 6.91. The molecule has 0 unspecified atom stereocenters. The second kappa shape index (κ2) is 7.44. The van der Waals surface area contributed by atoms with Crippen molar-refractivity contribution in [3.63, 3.8) is 0 Å². The lowest BCUT2D eigenvalue weighted by Gasteiger charge is -2.32. The third-order valence-electron chi connectivity index (χ3n) is 5.74. The van der Waals surface area contributed by atoms with Crippen molar-refractivity contribution in [1.82, 2.24) is 9.80 Å². The van der Waals surface area contributed by atoms with Crippen molar-refractivity contribution in [3.8, 4) is 0 Å². The topological polar surface area (TPSA) is 43.9 Å². The van der Waals surface area contributed by atoms with E-state index in [1.54, 1.807) is 23.1 Å². The van der Waals surface area contributed by atoms with Crippen molar-refractivity contribution in [2.45, 2.75) is 13.8 Å². The largest absolute Gasteiger partial charge is 0.337 e. The van der Waals surface area contributed by atoms with Crippen LogP contribution in [0.25, 0.3) is 5.70 Å². The predicted molar refractivity (Wildman–Crippen MR) is 111 cm³/mol. The number of fused-ring (bicyclic) bond motifs is 1. The minimum absolute atomic E-state index is 0.112. The SMILES string of the molecule is Cc1cc2c(cc1C)/C(=C\C(=O)N1CCN(C)CC1)N(c1ccc(F)cc1)C2=O. The van der Waals surface area contributed by atoms with Gasteiger partial charge in [-0.25, -0.2) is 4.39 Å². The lowest BCUT2D eigenvalue weighted by Crippen LogP contribution is -2.46. The number of piperazine rings is 1. The molecule has 2 aromatic carbocycles. The molecule has 0 aromatic heterocycles. The van der Waals surface area contributed by atoms with E-state index in [1.807, 2.05) is 33.0 Å². The summed E-state index contributed by atoms with van der Waals surface area (Å²) < 4.78 is 13.4. The molecule has 0 bridgehead atoms. The number of hydrogen-bond acceptors (Lipinski definition) is 3. The molecule has 4 rings (SSSR count). The number of anilines is 1. The fourth-order valence-electron chi connectivity index (χ4n) is 3.78. The highest BCUT2D eigenvalue weighted by molar-refractivity contribution is 6.24. The van der Waals surface area contributed by atoms with Gasteiger partial charge in [-0.2, -0.15) is 0 Å². The highest BCUT2D eigenvalue weighted by atomic mass is 19.1. The number of amides is 2. The Hall–Kier alpha value is -2.99. The third kappa shape index (κ3) is 3.56. The van der Waals surface area contributed by atoms with Crippen LogP contribution in [0.3, 0.4) is 0 Å². The number of benzene rings is 2. The van der Waals surface area contributed by atoms with Gasteiger partial charge in [0.25, 0.3) is 5.91 Å². The molecule has 1 saturated heterocycles. The molecule has 0 spiro atoms. The number of carbonyl (C=O) groups is 2. The van der Waals surface area contributed by atoms with Crippen LogP contribution in [-0.2, 0) is 4.79 Å². The van der Waals surface area contributed by atoms with Gasteiger partial charge in [0.15, 0.2) is 0 Å². The summed E-state index contributed by atoms with van der Waals surface area (Å²) in [7, 11) is 2.04. The van der Waals surface area contributed by atoms with Crippen molar-refractivity contribution < 1.29 is 14.0 Å². The Kier molecular flexibility index (Phi) is 4.96. The molecule has 0 saturated carbocycles. The number of aryl methyl sites for hydroxylation is 2. The molecule has 150 valence electrons. The summed E-state index contributed by atoms with van der Waals surface area (Å²) in [5.41, 5.74) is 4.46. The molecule has 2 aliphatic heterocycles. The fourth-order valence-corrected chi connectivity index (χ4v) is 3.78. The number of carbonyl (C=O) groups excluding carboxylic acids is 2. The predicted octanol–water partition coefficient (Wildman–Crippen LogP) is 3.22. The van der Waals surface area contributed by atoms with Gasteiger partial charge in [-0.15, -0.1) is 0 Å². The summed E-state index contributed by atoms with van der Waals surface area (Å²) in [4.78, 5) is 31.7. The maximum absolute atomic E-state index is 13.4. The maximum atomic E-state index is 13.4. The normalized spacial score (nSPS) is 18.5. The Balaban J connectivity index is 1.78. The van der Waals surface area contributed by atoms with E-state index in [4.69, 9.17) is 0 Å². The van der Waals surface area contributed by atoms with E-state index < -0.39 is 0 Å². The molecule has 0 aliphatic carbocycles. The monoisotopic (exact) mass is 393 g/mol. The van der Waals surface area contributed by atoms with Crippen molar-refractivity contribution >= 4 is 23.2 Å². The van der Waals surface area contributed by atoms with Gasteiger partial charge in [0.1, 0.15) is 5.82 Å². The zero-order valence-corrected chi connectivity index (χ0v) is 16.9. The number of hydrogen-bond donors (Lipinski definition) is 0. The first-order valence-electron chi connectivity index (χ1n) is 9.76. The Morgan fingerprint density at radius 3 is 2.17 bits per heavy atom. The second-order valence-electron chi connectivity index (χ2n) is 7.76. The summed E-state index contributed by atoms with van der Waals surface area (Å²) in [6.07, 6.45) is 1.55. The van der Waals surface area contributed by atoms with Crippen molar-refractivity contribution in [2.24, 2.45) is 0 Å². The zero-order chi connectivity index (χ0) is 20.7. The van der Waals surface area contributed by atoms with Crippen LogP contribution in [0.4, 0.5) is 10.1 Å². The standard InChI is InChI=1S/C23H24FN3O2/c1-15-12-19-20(13-16(15)2)23(29)27(18-6-4-17(24)5-7-18)21(19)14-22(28)26-10-8-25(3)9-11-26/h4-7,12-14H,8-11H2,1-3H3/b21-14+. The van der Waals surface area contributed by atoms with Gasteiger partial charge in [-0.05, 0) is 68.4 Å². The highest BCUT2D eigenvalue weighted by Crippen LogP contribution is 2.38. The average Bonchev–Trinajstić information content (AvgIpc) is 2.95. The first-order chi connectivity index (χ1) is 13.8. The van der Waals surface area contributed by atoms with Gasteiger partial charge in [0, 0.05) is 49.1 Å². The molecule has 5 nitrogen and oxygen atoms in total. The van der Waals surface area contributed by atoms with Gasteiger partial charge in [-0.1, -0.05) is 0 Å². The van der Waals surface area contributed by atoms with Gasteiger partial charge in [0.05, 0.1) is 5.70 Å². The molecular formula is C23H24FN3O2. The summed E-state index contributed by atoms with van der Waals surface area (Å²) in [5.74, 6) is -0.685. The van der Waals surface area contributed by atoms with Crippen LogP contribution in [0, 0.1) is 19.7 Å². The van der Waals surface area contributed by atoms with E-state index in [9.17, 15) is 14.0 Å². The van der Waals surface area contributed by atoms with E-state index in [2.05, 4.69) is 4.90 Å². The summed E-state index contributed by atoms with van der Waals surface area (Å²) in [6, 6.07) is 9.59.